The maximum atomic E-state index is 13.4. The molecule has 4 rings (SSSR count). The van der Waals surface area contributed by atoms with Crippen LogP contribution in [0.3, 0.4) is 0 Å². The SMILES string of the molecule is O=C1CC(Cc2nnc(SCC(=O)NC3CCCC3)n2-c2ccc(F)cc2)NC(=O)N1. The normalized spacial score (nSPS) is 19.2. The van der Waals surface area contributed by atoms with Gasteiger partial charge in [0.25, 0.3) is 0 Å². The van der Waals surface area contributed by atoms with Gasteiger partial charge in [0.05, 0.1) is 5.75 Å². The summed E-state index contributed by atoms with van der Waals surface area (Å²) in [5.41, 5.74) is 0.631. The number of thioether (sulfide) groups is 1. The standard InChI is InChI=1S/C20H23FN6O3S/c21-12-5-7-15(8-6-12)27-16(9-14-10-17(28)24-19(30)23-14)25-26-20(27)31-11-18(29)22-13-3-1-2-4-13/h5-8,13-14H,1-4,9-11H2,(H,22,29)(H2,23,24,28,30). The summed E-state index contributed by atoms with van der Waals surface area (Å²) in [5.74, 6) is -0.119. The van der Waals surface area contributed by atoms with Gasteiger partial charge in [0.2, 0.25) is 11.8 Å². The molecule has 0 spiro atoms. The summed E-state index contributed by atoms with van der Waals surface area (Å²) in [6.07, 6.45) is 4.67. The van der Waals surface area contributed by atoms with Crippen molar-refractivity contribution in [3.05, 3.63) is 35.9 Å². The minimum atomic E-state index is -0.549. The molecular weight excluding hydrogens is 423 g/mol. The molecule has 11 heteroatoms. The Balaban J connectivity index is 1.52. The fourth-order valence-corrected chi connectivity index (χ4v) is 4.64. The molecule has 2 fully saturated rings. The van der Waals surface area contributed by atoms with E-state index in [2.05, 4.69) is 26.1 Å². The van der Waals surface area contributed by atoms with E-state index >= 15 is 0 Å². The van der Waals surface area contributed by atoms with Crippen molar-refractivity contribution in [1.82, 2.24) is 30.7 Å². The van der Waals surface area contributed by atoms with Crippen LogP contribution in [0.2, 0.25) is 0 Å². The average molecular weight is 447 g/mol. The molecule has 4 amide bonds. The number of nitrogens with one attached hydrogen (secondary N) is 3. The summed E-state index contributed by atoms with van der Waals surface area (Å²) in [4.78, 5) is 35.6. The van der Waals surface area contributed by atoms with Gasteiger partial charge in [-0.2, -0.15) is 0 Å². The van der Waals surface area contributed by atoms with Crippen LogP contribution < -0.4 is 16.0 Å². The molecule has 2 aromatic rings. The molecule has 1 aliphatic carbocycles. The first-order chi connectivity index (χ1) is 15.0. The number of nitrogens with zero attached hydrogens (tertiary/aromatic N) is 3. The topological polar surface area (TPSA) is 118 Å². The highest BCUT2D eigenvalue weighted by Gasteiger charge is 2.27. The molecule has 1 unspecified atom stereocenters. The van der Waals surface area contributed by atoms with E-state index in [1.807, 2.05) is 0 Å². The van der Waals surface area contributed by atoms with Crippen molar-refractivity contribution in [3.8, 4) is 5.69 Å². The Labute approximate surface area is 182 Å². The number of amides is 4. The Kier molecular flexibility index (Phi) is 6.50. The monoisotopic (exact) mass is 446 g/mol. The molecule has 31 heavy (non-hydrogen) atoms. The van der Waals surface area contributed by atoms with Gasteiger partial charge in [-0.1, -0.05) is 24.6 Å². The third-order valence-corrected chi connectivity index (χ3v) is 6.22. The number of benzene rings is 1. The van der Waals surface area contributed by atoms with Gasteiger partial charge in [-0.15, -0.1) is 10.2 Å². The van der Waals surface area contributed by atoms with Crippen LogP contribution in [0, 0.1) is 5.82 Å². The highest BCUT2D eigenvalue weighted by atomic mass is 32.2. The van der Waals surface area contributed by atoms with Gasteiger partial charge in [-0.3, -0.25) is 19.5 Å². The van der Waals surface area contributed by atoms with E-state index in [1.54, 1.807) is 16.7 Å². The van der Waals surface area contributed by atoms with Gasteiger partial charge in [0.15, 0.2) is 5.16 Å². The number of aromatic nitrogens is 3. The van der Waals surface area contributed by atoms with Crippen molar-refractivity contribution < 1.29 is 18.8 Å². The summed E-state index contributed by atoms with van der Waals surface area (Å²) in [6, 6.07) is 5.10. The largest absolute Gasteiger partial charge is 0.353 e. The van der Waals surface area contributed by atoms with Crippen molar-refractivity contribution in [2.75, 3.05) is 5.75 Å². The molecule has 1 saturated carbocycles. The second kappa shape index (κ2) is 9.46. The lowest BCUT2D eigenvalue weighted by molar-refractivity contribution is -0.121. The maximum absolute atomic E-state index is 13.4. The van der Waals surface area contributed by atoms with E-state index in [9.17, 15) is 18.8 Å². The fraction of sp³-hybridized carbons (Fsp3) is 0.450. The molecule has 2 heterocycles. The second-order valence-corrected chi connectivity index (χ2v) is 8.62. The Morgan fingerprint density at radius 1 is 1.19 bits per heavy atom. The first-order valence-corrected chi connectivity index (χ1v) is 11.2. The minimum absolute atomic E-state index is 0.0664. The number of hydrogen-bond donors (Lipinski definition) is 3. The average Bonchev–Trinajstić information content (AvgIpc) is 3.36. The molecule has 0 bridgehead atoms. The van der Waals surface area contributed by atoms with Crippen LogP contribution in [-0.2, 0) is 16.0 Å². The maximum Gasteiger partial charge on any atom is 0.321 e. The zero-order chi connectivity index (χ0) is 21.8. The number of imide groups is 1. The quantitative estimate of drug-likeness (QED) is 0.557. The predicted molar refractivity (Wildman–Crippen MR) is 111 cm³/mol. The number of hydrogen-bond acceptors (Lipinski definition) is 6. The third-order valence-electron chi connectivity index (χ3n) is 5.29. The molecular formula is C20H23FN6O3S. The van der Waals surface area contributed by atoms with Gasteiger partial charge < -0.3 is 10.6 Å². The van der Waals surface area contributed by atoms with Gasteiger partial charge in [0.1, 0.15) is 11.6 Å². The fourth-order valence-electron chi connectivity index (χ4n) is 3.86. The molecule has 164 valence electrons. The minimum Gasteiger partial charge on any atom is -0.353 e. The predicted octanol–water partition coefficient (Wildman–Crippen LogP) is 1.70. The van der Waals surface area contributed by atoms with E-state index in [-0.39, 0.29) is 42.3 Å². The van der Waals surface area contributed by atoms with Crippen LogP contribution in [0.25, 0.3) is 5.69 Å². The molecule has 3 N–H and O–H groups in total. The van der Waals surface area contributed by atoms with Crippen molar-refractivity contribution in [2.24, 2.45) is 0 Å². The van der Waals surface area contributed by atoms with Crippen LogP contribution >= 0.6 is 11.8 Å². The van der Waals surface area contributed by atoms with Gasteiger partial charge in [-0.25, -0.2) is 9.18 Å². The Morgan fingerprint density at radius 3 is 2.65 bits per heavy atom. The highest BCUT2D eigenvalue weighted by molar-refractivity contribution is 7.99. The lowest BCUT2D eigenvalue weighted by Gasteiger charge is -2.23. The summed E-state index contributed by atoms with van der Waals surface area (Å²) in [7, 11) is 0. The zero-order valence-corrected chi connectivity index (χ0v) is 17.6. The van der Waals surface area contributed by atoms with E-state index in [0.29, 0.717) is 16.7 Å². The Morgan fingerprint density at radius 2 is 1.94 bits per heavy atom. The van der Waals surface area contributed by atoms with Crippen molar-refractivity contribution >= 4 is 29.6 Å². The summed E-state index contributed by atoms with van der Waals surface area (Å²) < 4.78 is 15.2. The van der Waals surface area contributed by atoms with E-state index in [0.717, 1.165) is 25.7 Å². The van der Waals surface area contributed by atoms with Gasteiger partial charge in [-0.05, 0) is 37.1 Å². The third kappa shape index (κ3) is 5.40. The van der Waals surface area contributed by atoms with Crippen LogP contribution in [0.4, 0.5) is 9.18 Å². The molecule has 1 saturated heterocycles. The van der Waals surface area contributed by atoms with Crippen molar-refractivity contribution in [2.45, 2.75) is 55.8 Å². The lowest BCUT2D eigenvalue weighted by atomic mass is 10.1. The number of halogens is 1. The lowest BCUT2D eigenvalue weighted by Crippen LogP contribution is -2.53. The first-order valence-electron chi connectivity index (χ1n) is 10.2. The molecule has 9 nitrogen and oxygen atoms in total. The van der Waals surface area contributed by atoms with Crippen molar-refractivity contribution in [3.63, 3.8) is 0 Å². The second-order valence-electron chi connectivity index (χ2n) is 7.68. The summed E-state index contributed by atoms with van der Waals surface area (Å²) >= 11 is 1.24. The highest BCUT2D eigenvalue weighted by Crippen LogP contribution is 2.24. The molecule has 1 aliphatic heterocycles. The summed E-state index contributed by atoms with van der Waals surface area (Å²) in [5, 5.41) is 16.8. The van der Waals surface area contributed by atoms with Crippen LogP contribution in [0.5, 0.6) is 0 Å². The van der Waals surface area contributed by atoms with E-state index < -0.39 is 12.1 Å². The van der Waals surface area contributed by atoms with Crippen LogP contribution in [0.15, 0.2) is 29.4 Å². The van der Waals surface area contributed by atoms with E-state index in [1.165, 1.54) is 23.9 Å². The van der Waals surface area contributed by atoms with Crippen LogP contribution in [0.1, 0.15) is 37.9 Å². The molecule has 1 aromatic carbocycles. The molecule has 1 aromatic heterocycles. The zero-order valence-electron chi connectivity index (χ0n) is 16.8. The van der Waals surface area contributed by atoms with E-state index in [4.69, 9.17) is 0 Å². The van der Waals surface area contributed by atoms with Crippen LogP contribution in [-0.4, -0.2) is 50.4 Å². The Bertz CT molecular complexity index is 958. The molecule has 1 atom stereocenters. The molecule has 0 radical (unpaired) electrons. The molecule has 2 aliphatic rings. The number of carbonyl (C=O) groups excluding carboxylic acids is 3. The Hall–Kier alpha value is -2.95. The number of urea groups is 1. The number of rotatable bonds is 7. The van der Waals surface area contributed by atoms with Gasteiger partial charge in [0, 0.05) is 30.6 Å². The summed E-state index contributed by atoms with van der Waals surface area (Å²) in [6.45, 7) is 0. The van der Waals surface area contributed by atoms with Crippen molar-refractivity contribution in [1.29, 1.82) is 0 Å². The number of carbonyl (C=O) groups is 3. The van der Waals surface area contributed by atoms with Gasteiger partial charge >= 0.3 is 6.03 Å². The smallest absolute Gasteiger partial charge is 0.321 e. The first kappa shape index (κ1) is 21.3.